The number of hydrogen-bond acceptors (Lipinski definition) is 7. The highest BCUT2D eigenvalue weighted by molar-refractivity contribution is 5.99. The second-order valence-corrected chi connectivity index (χ2v) is 11.3. The second kappa shape index (κ2) is 11.5. The van der Waals surface area contributed by atoms with Gasteiger partial charge in [0, 0.05) is 46.3 Å². The summed E-state index contributed by atoms with van der Waals surface area (Å²) in [6.45, 7) is 15.9. The Morgan fingerprint density at radius 2 is 1.87 bits per heavy atom. The molecule has 0 aliphatic carbocycles. The van der Waals surface area contributed by atoms with Crippen molar-refractivity contribution in [1.82, 2.24) is 19.6 Å². The third kappa shape index (κ3) is 4.69. The smallest absolute Gasteiger partial charge is 0.248 e. The molecule has 1 N–H and O–H groups in total. The van der Waals surface area contributed by atoms with Gasteiger partial charge in [-0.1, -0.05) is 19.1 Å². The van der Waals surface area contributed by atoms with Crippen molar-refractivity contribution in [3.8, 4) is 0 Å². The third-order valence-corrected chi connectivity index (χ3v) is 9.02. The Kier molecular flexibility index (Phi) is 8.66. The van der Waals surface area contributed by atoms with E-state index in [0.717, 1.165) is 13.1 Å². The third-order valence-electron chi connectivity index (χ3n) is 9.02. The van der Waals surface area contributed by atoms with E-state index in [1.165, 1.54) is 0 Å². The Balaban J connectivity index is 1.70. The minimum atomic E-state index is -1.11. The van der Waals surface area contributed by atoms with Crippen molar-refractivity contribution in [2.45, 2.75) is 56.4 Å². The molecular weight excluding hydrogens is 488 g/mol. The Labute approximate surface area is 226 Å². The largest absolute Gasteiger partial charge is 0.394 e. The van der Waals surface area contributed by atoms with E-state index in [-0.39, 0.29) is 24.3 Å². The summed E-state index contributed by atoms with van der Waals surface area (Å²) in [6.07, 6.45) is 4.92. The Morgan fingerprint density at radius 1 is 1.18 bits per heavy atom. The topological polar surface area (TPSA) is 103 Å². The maximum absolute atomic E-state index is 14.4. The van der Waals surface area contributed by atoms with Crippen LogP contribution in [0.4, 0.5) is 0 Å². The molecule has 4 heterocycles. The monoisotopic (exact) mass is 532 g/mol. The van der Waals surface area contributed by atoms with Crippen LogP contribution in [0.3, 0.4) is 0 Å². The molecule has 0 aromatic rings. The summed E-state index contributed by atoms with van der Waals surface area (Å²) >= 11 is 0. The van der Waals surface area contributed by atoms with Crippen LogP contribution in [0.5, 0.6) is 0 Å². The zero-order chi connectivity index (χ0) is 27.7. The lowest BCUT2D eigenvalue weighted by atomic mass is 9.66. The lowest BCUT2D eigenvalue weighted by molar-refractivity contribution is -0.156. The number of morpholine rings is 1. The molecule has 6 atom stereocenters. The van der Waals surface area contributed by atoms with Gasteiger partial charge in [-0.3, -0.25) is 19.3 Å². The molecule has 4 aliphatic heterocycles. The highest BCUT2D eigenvalue weighted by Gasteiger charge is 2.78. The van der Waals surface area contributed by atoms with Crippen molar-refractivity contribution >= 4 is 17.7 Å². The minimum Gasteiger partial charge on any atom is -0.394 e. The number of carbonyl (C=O) groups excluding carboxylic acids is 3. The van der Waals surface area contributed by atoms with Gasteiger partial charge in [0.05, 0.1) is 43.3 Å². The molecule has 2 unspecified atom stereocenters. The van der Waals surface area contributed by atoms with Gasteiger partial charge < -0.3 is 29.3 Å². The fraction of sp³-hybridized carbons (Fsp3) is 0.750. The standard InChI is InChI=1S/C28H44N4O6/c1-6-11-29(5)24(34)21-22-25(35)32(20(8-3)19-33)23(28(22)10-9-27(21,4)38-28)26(36)31(12-7-2)14-13-30-15-17-37-18-16-30/h6-7,20-23,33H,1-2,8-19H2,3-5H3/t20-,21-,22-,23?,27+,28?/m0/s1. The van der Waals surface area contributed by atoms with Gasteiger partial charge >= 0.3 is 0 Å². The second-order valence-electron chi connectivity index (χ2n) is 11.3. The number of likely N-dealkylation sites (tertiary alicyclic amines) is 1. The summed E-state index contributed by atoms with van der Waals surface area (Å²) in [4.78, 5) is 49.4. The highest BCUT2D eigenvalue weighted by atomic mass is 16.5. The van der Waals surface area contributed by atoms with Crippen molar-refractivity contribution < 1.29 is 29.0 Å². The normalized spacial score (nSPS) is 33.2. The molecule has 3 amide bonds. The first-order valence-electron chi connectivity index (χ1n) is 13.9. The summed E-state index contributed by atoms with van der Waals surface area (Å²) in [5, 5.41) is 10.3. The molecule has 1 spiro atoms. The number of hydrogen-bond donors (Lipinski definition) is 1. The molecule has 0 radical (unpaired) electrons. The number of aliphatic hydroxyl groups is 1. The number of carbonyl (C=O) groups is 3. The zero-order valence-corrected chi connectivity index (χ0v) is 23.1. The molecule has 4 aliphatic rings. The maximum atomic E-state index is 14.4. The van der Waals surface area contributed by atoms with Gasteiger partial charge in [-0.15, -0.1) is 13.2 Å². The Morgan fingerprint density at radius 3 is 2.47 bits per heavy atom. The molecule has 0 saturated carbocycles. The number of rotatable bonds is 12. The summed E-state index contributed by atoms with van der Waals surface area (Å²) in [5.41, 5.74) is -1.95. The van der Waals surface area contributed by atoms with E-state index in [9.17, 15) is 19.5 Å². The lowest BCUT2D eigenvalue weighted by Crippen LogP contribution is -2.59. The fourth-order valence-electron chi connectivity index (χ4n) is 7.05. The molecule has 4 fully saturated rings. The Bertz CT molecular complexity index is 934. The van der Waals surface area contributed by atoms with E-state index < -0.39 is 35.1 Å². The van der Waals surface area contributed by atoms with Crippen LogP contribution in [0.2, 0.25) is 0 Å². The number of likely N-dealkylation sites (N-methyl/N-ethyl adjacent to an activating group) is 1. The van der Waals surface area contributed by atoms with Crippen molar-refractivity contribution in [3.05, 3.63) is 25.3 Å². The molecule has 10 heteroatoms. The van der Waals surface area contributed by atoms with Crippen LogP contribution in [-0.4, -0.2) is 132 Å². The van der Waals surface area contributed by atoms with Gasteiger partial charge in [0.15, 0.2) is 0 Å². The van der Waals surface area contributed by atoms with Gasteiger partial charge in [0.25, 0.3) is 0 Å². The molecule has 0 aromatic heterocycles. The molecule has 4 rings (SSSR count). The zero-order valence-electron chi connectivity index (χ0n) is 23.1. The van der Waals surface area contributed by atoms with Crippen LogP contribution >= 0.6 is 0 Å². The van der Waals surface area contributed by atoms with E-state index in [1.54, 1.807) is 33.9 Å². The van der Waals surface area contributed by atoms with E-state index >= 15 is 0 Å². The summed E-state index contributed by atoms with van der Waals surface area (Å²) < 4.78 is 12.2. The number of ether oxygens (including phenoxy) is 2. The van der Waals surface area contributed by atoms with Gasteiger partial charge in [-0.2, -0.15) is 0 Å². The van der Waals surface area contributed by atoms with Gasteiger partial charge in [-0.05, 0) is 26.2 Å². The van der Waals surface area contributed by atoms with Crippen LogP contribution in [0.1, 0.15) is 33.1 Å². The number of nitrogens with zero attached hydrogens (tertiary/aromatic N) is 4. The van der Waals surface area contributed by atoms with Crippen LogP contribution in [-0.2, 0) is 23.9 Å². The van der Waals surface area contributed by atoms with Crippen molar-refractivity contribution in [3.63, 3.8) is 0 Å². The first kappa shape index (κ1) is 28.7. The van der Waals surface area contributed by atoms with E-state index in [1.807, 2.05) is 13.8 Å². The quantitative estimate of drug-likeness (QED) is 0.366. The van der Waals surface area contributed by atoms with Crippen LogP contribution < -0.4 is 0 Å². The highest BCUT2D eigenvalue weighted by Crippen LogP contribution is 2.63. The maximum Gasteiger partial charge on any atom is 0.248 e. The first-order valence-corrected chi connectivity index (χ1v) is 13.9. The van der Waals surface area contributed by atoms with Gasteiger partial charge in [0.2, 0.25) is 17.7 Å². The molecule has 212 valence electrons. The van der Waals surface area contributed by atoms with Crippen molar-refractivity contribution in [1.29, 1.82) is 0 Å². The molecular formula is C28H44N4O6. The van der Waals surface area contributed by atoms with Crippen LogP contribution in [0.15, 0.2) is 25.3 Å². The van der Waals surface area contributed by atoms with Crippen LogP contribution in [0.25, 0.3) is 0 Å². The van der Waals surface area contributed by atoms with Crippen molar-refractivity contribution in [2.24, 2.45) is 11.8 Å². The van der Waals surface area contributed by atoms with Gasteiger partial charge in [-0.25, -0.2) is 0 Å². The van der Waals surface area contributed by atoms with Crippen molar-refractivity contribution in [2.75, 3.05) is 66.1 Å². The van der Waals surface area contributed by atoms with Gasteiger partial charge in [0.1, 0.15) is 11.6 Å². The van der Waals surface area contributed by atoms with E-state index in [2.05, 4.69) is 18.1 Å². The Hall–Kier alpha value is -2.27. The summed E-state index contributed by atoms with van der Waals surface area (Å²) in [7, 11) is 1.70. The van der Waals surface area contributed by atoms with Crippen LogP contribution in [0, 0.1) is 11.8 Å². The summed E-state index contributed by atoms with van der Waals surface area (Å²) in [5.74, 6) is -2.14. The van der Waals surface area contributed by atoms with E-state index in [0.29, 0.717) is 58.7 Å². The lowest BCUT2D eigenvalue weighted by Gasteiger charge is -2.39. The molecule has 2 bridgehead atoms. The predicted octanol–water partition coefficient (Wildman–Crippen LogP) is 0.513. The average Bonchev–Trinajstić information content (AvgIpc) is 3.48. The number of fused-ring (bicyclic) bond motifs is 1. The SMILES string of the molecule is C=CCN(C)C(=O)[C@@H]1[C@H]2C(=O)N([C@@H](CC)CO)C(C(=O)N(CC=C)CCN3CCOCC3)C23CC[C@@]1(C)O3. The van der Waals surface area contributed by atoms with E-state index in [4.69, 9.17) is 9.47 Å². The average molecular weight is 533 g/mol. The minimum absolute atomic E-state index is 0.173. The molecule has 38 heavy (non-hydrogen) atoms. The number of aliphatic hydroxyl groups excluding tert-OH is 1. The first-order chi connectivity index (χ1) is 18.2. The molecule has 0 aromatic carbocycles. The fourth-order valence-corrected chi connectivity index (χ4v) is 7.05. The molecule has 4 saturated heterocycles. The predicted molar refractivity (Wildman–Crippen MR) is 142 cm³/mol. The molecule has 10 nitrogen and oxygen atoms in total. The number of amides is 3. The summed E-state index contributed by atoms with van der Waals surface area (Å²) in [6, 6.07) is -1.45.